The summed E-state index contributed by atoms with van der Waals surface area (Å²) in [6.07, 6.45) is 3.25. The lowest BCUT2D eigenvalue weighted by Gasteiger charge is -2.06. The number of carbonyl (C=O) groups excluding carboxylic acids is 1. The van der Waals surface area contributed by atoms with E-state index in [1.165, 1.54) is 23.5 Å². The standard InChI is InChI=1S/C21H23FN2O2S/c1-3-5-6-12-26-17-9-7-8-15(13-17)20(25)23-21-24(4-2)18-11-10-16(22)14-19(18)27-21/h7-11,13-14H,3-6,12H2,1-2H3. The molecule has 4 nitrogen and oxygen atoms in total. The lowest BCUT2D eigenvalue weighted by Crippen LogP contribution is -2.15. The number of aryl methyl sites for hydroxylation is 1. The second-order valence-electron chi connectivity index (χ2n) is 6.24. The van der Waals surface area contributed by atoms with Crippen LogP contribution in [-0.2, 0) is 6.54 Å². The number of nitrogens with zero attached hydrogens (tertiary/aromatic N) is 2. The van der Waals surface area contributed by atoms with Gasteiger partial charge in [-0.25, -0.2) is 4.39 Å². The van der Waals surface area contributed by atoms with Crippen LogP contribution in [0.5, 0.6) is 5.75 Å². The van der Waals surface area contributed by atoms with Crippen LogP contribution in [0.1, 0.15) is 43.5 Å². The van der Waals surface area contributed by atoms with E-state index in [9.17, 15) is 9.18 Å². The highest BCUT2D eigenvalue weighted by atomic mass is 32.1. The van der Waals surface area contributed by atoms with Gasteiger partial charge in [0, 0.05) is 12.1 Å². The number of benzene rings is 2. The van der Waals surface area contributed by atoms with E-state index in [4.69, 9.17) is 4.74 Å². The summed E-state index contributed by atoms with van der Waals surface area (Å²) in [6, 6.07) is 11.7. The molecule has 6 heteroatoms. The van der Waals surface area contributed by atoms with Crippen LogP contribution in [0.4, 0.5) is 4.39 Å². The van der Waals surface area contributed by atoms with Crippen molar-refractivity contribution in [2.45, 2.75) is 39.7 Å². The number of hydrogen-bond donors (Lipinski definition) is 0. The van der Waals surface area contributed by atoms with E-state index >= 15 is 0 Å². The molecular formula is C21H23FN2O2S. The van der Waals surface area contributed by atoms with Crippen molar-refractivity contribution in [3.05, 3.63) is 58.6 Å². The molecule has 0 aliphatic carbocycles. The second kappa shape index (κ2) is 8.95. The zero-order valence-electron chi connectivity index (χ0n) is 15.6. The van der Waals surface area contributed by atoms with Crippen molar-refractivity contribution in [2.75, 3.05) is 6.61 Å². The predicted octanol–water partition coefficient (Wildman–Crippen LogP) is 5.17. The minimum atomic E-state index is -0.330. The monoisotopic (exact) mass is 386 g/mol. The number of rotatable bonds is 7. The number of thiazole rings is 1. The third kappa shape index (κ3) is 4.63. The van der Waals surface area contributed by atoms with E-state index in [1.54, 1.807) is 24.3 Å². The molecule has 0 radical (unpaired) electrons. The van der Waals surface area contributed by atoms with Crippen molar-refractivity contribution in [1.29, 1.82) is 0 Å². The molecule has 2 aromatic carbocycles. The number of carbonyl (C=O) groups is 1. The van der Waals surface area contributed by atoms with Gasteiger partial charge in [0.25, 0.3) is 5.91 Å². The van der Waals surface area contributed by atoms with Gasteiger partial charge in [0.2, 0.25) is 0 Å². The number of hydrogen-bond acceptors (Lipinski definition) is 3. The fourth-order valence-electron chi connectivity index (χ4n) is 2.85. The van der Waals surface area contributed by atoms with Gasteiger partial charge < -0.3 is 9.30 Å². The van der Waals surface area contributed by atoms with E-state index in [-0.39, 0.29) is 11.7 Å². The summed E-state index contributed by atoms with van der Waals surface area (Å²) in [6.45, 7) is 5.41. The smallest absolute Gasteiger partial charge is 0.279 e. The summed E-state index contributed by atoms with van der Waals surface area (Å²) in [4.78, 5) is 17.5. The van der Waals surface area contributed by atoms with Crippen molar-refractivity contribution in [3.8, 4) is 5.75 Å². The normalized spacial score (nSPS) is 11.9. The van der Waals surface area contributed by atoms with Crippen LogP contribution >= 0.6 is 11.3 Å². The second-order valence-corrected chi connectivity index (χ2v) is 7.25. The number of aromatic nitrogens is 1. The number of halogens is 1. The molecule has 0 fully saturated rings. The first kappa shape index (κ1) is 19.3. The molecule has 0 aliphatic heterocycles. The van der Waals surface area contributed by atoms with Crippen LogP contribution in [-0.4, -0.2) is 17.1 Å². The number of unbranched alkanes of at least 4 members (excludes halogenated alkanes) is 2. The van der Waals surface area contributed by atoms with Gasteiger partial charge in [0.1, 0.15) is 11.6 Å². The fraction of sp³-hybridized carbons (Fsp3) is 0.333. The molecule has 1 heterocycles. The molecule has 0 spiro atoms. The third-order valence-corrected chi connectivity index (χ3v) is 5.30. The van der Waals surface area contributed by atoms with E-state index in [0.717, 1.165) is 29.5 Å². The highest BCUT2D eigenvalue weighted by Crippen LogP contribution is 2.19. The molecular weight excluding hydrogens is 363 g/mol. The zero-order chi connectivity index (χ0) is 19.2. The molecule has 3 rings (SSSR count). The molecule has 142 valence electrons. The average Bonchev–Trinajstić information content (AvgIpc) is 3.01. The summed E-state index contributed by atoms with van der Waals surface area (Å²) in [5, 5.41) is 0. The van der Waals surface area contributed by atoms with Gasteiger partial charge in [0.15, 0.2) is 4.80 Å². The maximum Gasteiger partial charge on any atom is 0.279 e. The number of fused-ring (bicyclic) bond motifs is 1. The molecule has 0 atom stereocenters. The quantitative estimate of drug-likeness (QED) is 0.526. The minimum absolute atomic E-state index is 0.294. The van der Waals surface area contributed by atoms with Crippen LogP contribution in [0.3, 0.4) is 0 Å². The van der Waals surface area contributed by atoms with E-state index in [0.29, 0.717) is 29.3 Å². The Morgan fingerprint density at radius 1 is 1.19 bits per heavy atom. The molecule has 0 saturated carbocycles. The van der Waals surface area contributed by atoms with Gasteiger partial charge >= 0.3 is 0 Å². The molecule has 0 bridgehead atoms. The summed E-state index contributed by atoms with van der Waals surface area (Å²) in [5.41, 5.74) is 1.36. The zero-order valence-corrected chi connectivity index (χ0v) is 16.4. The summed E-state index contributed by atoms with van der Waals surface area (Å²) in [5.74, 6) is 0.0509. The van der Waals surface area contributed by atoms with Gasteiger partial charge in [-0.1, -0.05) is 37.2 Å². The molecule has 0 N–H and O–H groups in total. The average molecular weight is 386 g/mol. The Hall–Kier alpha value is -2.47. The van der Waals surface area contributed by atoms with E-state index in [1.807, 2.05) is 17.6 Å². The van der Waals surface area contributed by atoms with Crippen molar-refractivity contribution in [2.24, 2.45) is 4.99 Å². The van der Waals surface area contributed by atoms with Gasteiger partial charge in [-0.3, -0.25) is 4.79 Å². The molecule has 27 heavy (non-hydrogen) atoms. The Bertz CT molecular complexity index is 1010. The van der Waals surface area contributed by atoms with Crippen LogP contribution in [0.25, 0.3) is 10.2 Å². The van der Waals surface area contributed by atoms with Gasteiger partial charge in [-0.15, -0.1) is 0 Å². The number of amides is 1. The maximum atomic E-state index is 13.5. The molecule has 1 amide bonds. The van der Waals surface area contributed by atoms with Crippen LogP contribution in [0.15, 0.2) is 47.5 Å². The van der Waals surface area contributed by atoms with Crippen molar-refractivity contribution in [3.63, 3.8) is 0 Å². The Kier molecular flexibility index (Phi) is 6.40. The maximum absolute atomic E-state index is 13.5. The summed E-state index contributed by atoms with van der Waals surface area (Å²) in [7, 11) is 0. The highest BCUT2D eigenvalue weighted by Gasteiger charge is 2.10. The van der Waals surface area contributed by atoms with Gasteiger partial charge in [-0.2, -0.15) is 4.99 Å². The molecule has 0 aliphatic rings. The van der Waals surface area contributed by atoms with Gasteiger partial charge in [-0.05, 0) is 49.7 Å². The molecule has 1 aromatic heterocycles. The Labute approximate surface area is 161 Å². The lowest BCUT2D eigenvalue weighted by atomic mass is 10.2. The first-order valence-corrected chi connectivity index (χ1v) is 10.0. The lowest BCUT2D eigenvalue weighted by molar-refractivity contribution is 0.0997. The van der Waals surface area contributed by atoms with Crippen molar-refractivity contribution >= 4 is 27.5 Å². The topological polar surface area (TPSA) is 43.6 Å². The molecule has 3 aromatic rings. The highest BCUT2D eigenvalue weighted by molar-refractivity contribution is 7.16. The third-order valence-electron chi connectivity index (χ3n) is 4.26. The van der Waals surface area contributed by atoms with Crippen molar-refractivity contribution < 1.29 is 13.9 Å². The first-order valence-electron chi connectivity index (χ1n) is 9.23. The van der Waals surface area contributed by atoms with Gasteiger partial charge in [0.05, 0.1) is 16.8 Å². The van der Waals surface area contributed by atoms with Crippen LogP contribution < -0.4 is 9.54 Å². The Balaban J connectivity index is 1.87. The predicted molar refractivity (Wildman–Crippen MR) is 107 cm³/mol. The number of ether oxygens (including phenoxy) is 1. The Morgan fingerprint density at radius 2 is 2.04 bits per heavy atom. The Morgan fingerprint density at radius 3 is 2.81 bits per heavy atom. The van der Waals surface area contributed by atoms with E-state index < -0.39 is 0 Å². The minimum Gasteiger partial charge on any atom is -0.494 e. The van der Waals surface area contributed by atoms with Crippen molar-refractivity contribution in [1.82, 2.24) is 4.57 Å². The summed E-state index contributed by atoms with van der Waals surface area (Å²) < 4.78 is 21.9. The SMILES string of the molecule is CCCCCOc1cccc(C(=O)N=c2sc3cc(F)ccc3n2CC)c1. The summed E-state index contributed by atoms with van der Waals surface area (Å²) >= 11 is 1.31. The fourth-order valence-corrected chi connectivity index (χ4v) is 3.97. The largest absolute Gasteiger partial charge is 0.494 e. The molecule has 0 unspecified atom stereocenters. The van der Waals surface area contributed by atoms with E-state index in [2.05, 4.69) is 11.9 Å². The van der Waals surface area contributed by atoms with Crippen LogP contribution in [0.2, 0.25) is 0 Å². The first-order chi connectivity index (χ1) is 13.1. The van der Waals surface area contributed by atoms with Crippen LogP contribution in [0, 0.1) is 5.82 Å². The molecule has 0 saturated heterocycles.